The van der Waals surface area contributed by atoms with Crippen LogP contribution in [0.25, 0.3) is 11.3 Å². The maximum absolute atomic E-state index is 11.1. The smallest absolute Gasteiger partial charge is 0.335 e. The third-order valence-electron chi connectivity index (χ3n) is 5.37. The molecule has 0 aliphatic carbocycles. The van der Waals surface area contributed by atoms with Crippen molar-refractivity contribution >= 4 is 34.9 Å². The molecule has 0 saturated heterocycles. The molecule has 168 valence electrons. The summed E-state index contributed by atoms with van der Waals surface area (Å²) in [6.07, 6.45) is 3.43. The lowest BCUT2D eigenvalue weighted by molar-refractivity contribution is 0.0697. The van der Waals surface area contributed by atoms with Gasteiger partial charge in [0.2, 0.25) is 5.95 Å². The highest BCUT2D eigenvalue weighted by atomic mass is 35.5. The van der Waals surface area contributed by atoms with Gasteiger partial charge in [-0.2, -0.15) is 0 Å². The molecular formula is C25H18ClN5O3. The summed E-state index contributed by atoms with van der Waals surface area (Å²) in [6, 6.07) is 15.6. The van der Waals surface area contributed by atoms with Gasteiger partial charge in [-0.25, -0.2) is 14.8 Å². The molecule has 0 saturated carbocycles. The number of carboxylic acid groups (broad SMARTS) is 1. The van der Waals surface area contributed by atoms with Gasteiger partial charge in [-0.1, -0.05) is 17.7 Å². The first kappa shape index (κ1) is 21.5. The lowest BCUT2D eigenvalue weighted by atomic mass is 9.97. The van der Waals surface area contributed by atoms with Crippen molar-refractivity contribution in [3.63, 3.8) is 0 Å². The van der Waals surface area contributed by atoms with Gasteiger partial charge < -0.3 is 15.2 Å². The molecule has 0 unspecified atom stereocenters. The quantitative estimate of drug-likeness (QED) is 0.421. The maximum Gasteiger partial charge on any atom is 0.335 e. The average molecular weight is 472 g/mol. The number of aromatic nitrogens is 3. The Hall–Kier alpha value is -4.30. The van der Waals surface area contributed by atoms with Crippen molar-refractivity contribution in [1.82, 2.24) is 15.0 Å². The Morgan fingerprint density at radius 1 is 1.06 bits per heavy atom. The third kappa shape index (κ3) is 4.06. The SMILES string of the molecule is COc1cccnc1C1=NCc2cnc(Nc3ccc(C(=O)O)cc3)nc2-c2ccc(Cl)cc21. The van der Waals surface area contributed by atoms with Crippen molar-refractivity contribution in [2.24, 2.45) is 4.99 Å². The molecule has 1 aliphatic heterocycles. The van der Waals surface area contributed by atoms with E-state index in [1.54, 1.807) is 37.7 Å². The number of carboxylic acids is 1. The number of halogens is 1. The highest BCUT2D eigenvalue weighted by Crippen LogP contribution is 2.34. The minimum atomic E-state index is -0.983. The van der Waals surface area contributed by atoms with E-state index in [9.17, 15) is 4.79 Å². The Bertz CT molecular complexity index is 1440. The summed E-state index contributed by atoms with van der Waals surface area (Å²) in [5.74, 6) is 0.00131. The zero-order chi connectivity index (χ0) is 23.7. The first-order chi connectivity index (χ1) is 16.5. The molecule has 0 radical (unpaired) electrons. The molecule has 0 fully saturated rings. The van der Waals surface area contributed by atoms with E-state index < -0.39 is 5.97 Å². The van der Waals surface area contributed by atoms with Crippen LogP contribution in [0.1, 0.15) is 27.2 Å². The summed E-state index contributed by atoms with van der Waals surface area (Å²) in [7, 11) is 1.60. The van der Waals surface area contributed by atoms with Gasteiger partial charge in [-0.15, -0.1) is 0 Å². The molecule has 4 aromatic rings. The number of nitrogens with zero attached hydrogens (tertiary/aromatic N) is 4. The normalized spacial score (nSPS) is 12.1. The second-order valence-electron chi connectivity index (χ2n) is 7.48. The van der Waals surface area contributed by atoms with Crippen molar-refractivity contribution in [1.29, 1.82) is 0 Å². The second kappa shape index (κ2) is 8.92. The monoisotopic (exact) mass is 471 g/mol. The predicted octanol–water partition coefficient (Wildman–Crippen LogP) is 4.99. The van der Waals surface area contributed by atoms with E-state index >= 15 is 0 Å². The van der Waals surface area contributed by atoms with Crippen molar-refractivity contribution in [3.05, 3.63) is 94.4 Å². The number of anilines is 2. The predicted molar refractivity (Wildman–Crippen MR) is 129 cm³/mol. The Morgan fingerprint density at radius 2 is 1.88 bits per heavy atom. The van der Waals surface area contributed by atoms with Crippen LogP contribution < -0.4 is 10.1 Å². The van der Waals surface area contributed by atoms with Crippen LogP contribution in [-0.2, 0) is 6.54 Å². The minimum Gasteiger partial charge on any atom is -0.494 e. The lowest BCUT2D eigenvalue weighted by Gasteiger charge is -2.13. The number of rotatable bonds is 5. The van der Waals surface area contributed by atoms with E-state index in [0.717, 1.165) is 22.4 Å². The van der Waals surface area contributed by atoms with E-state index in [4.69, 9.17) is 31.4 Å². The van der Waals surface area contributed by atoms with Crippen molar-refractivity contribution < 1.29 is 14.6 Å². The van der Waals surface area contributed by atoms with Gasteiger partial charge in [0.25, 0.3) is 0 Å². The summed E-state index contributed by atoms with van der Waals surface area (Å²) in [4.78, 5) is 29.6. The Morgan fingerprint density at radius 3 is 2.65 bits per heavy atom. The molecule has 1 aliphatic rings. The minimum absolute atomic E-state index is 0.203. The first-order valence-electron chi connectivity index (χ1n) is 10.3. The number of methoxy groups -OCH3 is 1. The molecule has 2 aromatic carbocycles. The van der Waals surface area contributed by atoms with Crippen molar-refractivity contribution in [3.8, 4) is 17.0 Å². The van der Waals surface area contributed by atoms with Gasteiger partial charge in [0.1, 0.15) is 11.4 Å². The average Bonchev–Trinajstić information content (AvgIpc) is 3.00. The molecule has 8 nitrogen and oxygen atoms in total. The molecule has 9 heteroatoms. The highest BCUT2D eigenvalue weighted by molar-refractivity contribution is 6.31. The van der Waals surface area contributed by atoms with Crippen molar-refractivity contribution in [2.75, 3.05) is 12.4 Å². The second-order valence-corrected chi connectivity index (χ2v) is 7.92. The topological polar surface area (TPSA) is 110 Å². The standard InChI is InChI=1S/C25H18ClN5O3/c1-34-20-3-2-10-27-23(20)22-19-11-16(26)6-9-18(19)21-15(12-28-22)13-29-25(31-21)30-17-7-4-14(5-8-17)24(32)33/h2-11,13H,12H2,1H3,(H,32,33)(H,29,30,31). The molecule has 3 heterocycles. The van der Waals surface area contributed by atoms with Crippen LogP contribution in [0.5, 0.6) is 5.75 Å². The van der Waals surface area contributed by atoms with Gasteiger partial charge in [-0.05, 0) is 48.5 Å². The molecule has 5 rings (SSSR count). The van der Waals surface area contributed by atoms with Crippen LogP contribution in [0.2, 0.25) is 5.02 Å². The number of aliphatic imine (C=N–C) groups is 1. The Balaban J connectivity index is 1.58. The van der Waals surface area contributed by atoms with Crippen LogP contribution in [-0.4, -0.2) is 38.8 Å². The van der Waals surface area contributed by atoms with E-state index in [-0.39, 0.29) is 5.56 Å². The van der Waals surface area contributed by atoms with Crippen LogP contribution in [0, 0.1) is 0 Å². The van der Waals surface area contributed by atoms with Gasteiger partial charge in [0.05, 0.1) is 30.6 Å². The van der Waals surface area contributed by atoms with Crippen LogP contribution in [0.3, 0.4) is 0 Å². The molecule has 2 aromatic heterocycles. The van der Waals surface area contributed by atoms with Gasteiger partial charge in [0.15, 0.2) is 0 Å². The molecular weight excluding hydrogens is 454 g/mol. The molecule has 0 amide bonds. The highest BCUT2D eigenvalue weighted by Gasteiger charge is 2.24. The number of aromatic carboxylic acids is 1. The molecule has 0 atom stereocenters. The molecule has 34 heavy (non-hydrogen) atoms. The van der Waals surface area contributed by atoms with Gasteiger partial charge in [-0.3, -0.25) is 9.98 Å². The van der Waals surface area contributed by atoms with Gasteiger partial charge >= 0.3 is 5.97 Å². The summed E-state index contributed by atoms with van der Waals surface area (Å²) < 4.78 is 5.52. The number of hydrogen-bond donors (Lipinski definition) is 2. The van der Waals surface area contributed by atoms with Crippen molar-refractivity contribution in [2.45, 2.75) is 6.54 Å². The number of ether oxygens (including phenoxy) is 1. The number of pyridine rings is 1. The summed E-state index contributed by atoms with van der Waals surface area (Å²) in [6.45, 7) is 0.351. The fourth-order valence-electron chi connectivity index (χ4n) is 3.74. The zero-order valence-corrected chi connectivity index (χ0v) is 18.7. The number of nitrogens with one attached hydrogen (secondary N) is 1. The molecule has 0 spiro atoms. The molecule has 0 bridgehead atoms. The molecule has 2 N–H and O–H groups in total. The van der Waals surface area contributed by atoms with Gasteiger partial charge in [0, 0.05) is 39.8 Å². The zero-order valence-electron chi connectivity index (χ0n) is 18.0. The van der Waals surface area contributed by atoms with E-state index in [1.807, 2.05) is 24.3 Å². The number of benzene rings is 2. The Labute approximate surface area is 200 Å². The largest absolute Gasteiger partial charge is 0.494 e. The van der Waals surface area contributed by atoms with E-state index in [2.05, 4.69) is 15.3 Å². The lowest BCUT2D eigenvalue weighted by Crippen LogP contribution is -2.09. The number of hydrogen-bond acceptors (Lipinski definition) is 7. The summed E-state index contributed by atoms with van der Waals surface area (Å²) in [5.41, 5.74) is 5.35. The van der Waals surface area contributed by atoms with E-state index in [1.165, 1.54) is 12.1 Å². The number of carbonyl (C=O) groups is 1. The Kier molecular flexibility index (Phi) is 5.65. The first-order valence-corrected chi connectivity index (χ1v) is 10.7. The summed E-state index contributed by atoms with van der Waals surface area (Å²) in [5, 5.41) is 12.8. The number of fused-ring (bicyclic) bond motifs is 3. The summed E-state index contributed by atoms with van der Waals surface area (Å²) >= 11 is 6.36. The van der Waals surface area contributed by atoms with Crippen LogP contribution in [0.4, 0.5) is 11.6 Å². The fraction of sp³-hybridized carbons (Fsp3) is 0.0800. The van der Waals surface area contributed by atoms with E-state index in [0.29, 0.717) is 40.4 Å². The van der Waals surface area contributed by atoms with Crippen LogP contribution >= 0.6 is 11.6 Å². The van der Waals surface area contributed by atoms with Crippen LogP contribution in [0.15, 0.2) is 72.0 Å². The fourth-order valence-corrected chi connectivity index (χ4v) is 3.92. The third-order valence-corrected chi connectivity index (χ3v) is 5.60. The maximum atomic E-state index is 11.1.